The first kappa shape index (κ1) is 21.3. The van der Waals surface area contributed by atoms with Crippen LogP contribution >= 0.6 is 0 Å². The summed E-state index contributed by atoms with van der Waals surface area (Å²) in [4.78, 5) is 22.5. The molecule has 3 nitrogen and oxygen atoms in total. The van der Waals surface area contributed by atoms with Crippen molar-refractivity contribution in [1.29, 1.82) is 0 Å². The molecular formula is C19H37NO2. The van der Waals surface area contributed by atoms with E-state index in [-0.39, 0.29) is 0 Å². The third-order valence-corrected chi connectivity index (χ3v) is 4.12. The Morgan fingerprint density at radius 1 is 0.636 bits per heavy atom. The molecule has 0 aliphatic heterocycles. The number of nitrogens with one attached hydrogen (secondary N) is 1. The lowest BCUT2D eigenvalue weighted by Crippen LogP contribution is -2.06. The number of rotatable bonds is 17. The molecule has 0 spiro atoms. The Kier molecular flexibility index (Phi) is 16.1. The smallest absolute Gasteiger partial charge is 0.132 e. The van der Waals surface area contributed by atoms with Gasteiger partial charge in [-0.25, -0.2) is 0 Å². The van der Waals surface area contributed by atoms with Gasteiger partial charge in [0.25, 0.3) is 0 Å². The van der Waals surface area contributed by atoms with Gasteiger partial charge in [-0.05, 0) is 46.2 Å². The molecule has 0 aliphatic rings. The van der Waals surface area contributed by atoms with Gasteiger partial charge in [-0.2, -0.15) is 0 Å². The van der Waals surface area contributed by atoms with Crippen molar-refractivity contribution in [3.05, 3.63) is 0 Å². The number of hydrogen-bond donors (Lipinski definition) is 1. The van der Waals surface area contributed by atoms with Crippen LogP contribution in [0.15, 0.2) is 0 Å². The maximum absolute atomic E-state index is 11.7. The van der Waals surface area contributed by atoms with E-state index in [2.05, 4.69) is 5.32 Å². The van der Waals surface area contributed by atoms with Crippen LogP contribution in [0.1, 0.15) is 96.8 Å². The van der Waals surface area contributed by atoms with Crippen LogP contribution in [0, 0.1) is 0 Å². The minimum Gasteiger partial charge on any atom is -0.320 e. The second-order valence-electron chi connectivity index (χ2n) is 6.48. The lowest BCUT2D eigenvalue weighted by atomic mass is 10.0. The van der Waals surface area contributed by atoms with Gasteiger partial charge in [-0.3, -0.25) is 4.79 Å². The van der Waals surface area contributed by atoms with Crippen LogP contribution in [-0.2, 0) is 9.59 Å². The molecule has 0 fully saturated rings. The Hall–Kier alpha value is -0.700. The first-order chi connectivity index (χ1) is 10.7. The molecule has 0 aliphatic carbocycles. The van der Waals surface area contributed by atoms with Crippen molar-refractivity contribution in [2.24, 2.45) is 0 Å². The molecule has 0 atom stereocenters. The van der Waals surface area contributed by atoms with Crippen LogP contribution in [0.4, 0.5) is 0 Å². The van der Waals surface area contributed by atoms with Gasteiger partial charge in [-0.1, -0.05) is 44.9 Å². The predicted molar refractivity (Wildman–Crippen MR) is 94.3 cm³/mol. The van der Waals surface area contributed by atoms with E-state index in [1.54, 1.807) is 6.92 Å². The second-order valence-corrected chi connectivity index (χ2v) is 6.48. The zero-order valence-electron chi connectivity index (χ0n) is 14.9. The molecule has 0 aromatic heterocycles. The van der Waals surface area contributed by atoms with Crippen LogP contribution in [0.5, 0.6) is 0 Å². The fraction of sp³-hybridized carbons (Fsp3) is 0.895. The molecule has 0 heterocycles. The van der Waals surface area contributed by atoms with Crippen LogP contribution in [-0.4, -0.2) is 25.2 Å². The second kappa shape index (κ2) is 16.7. The van der Waals surface area contributed by atoms with Gasteiger partial charge in [0.15, 0.2) is 0 Å². The Morgan fingerprint density at radius 2 is 1.05 bits per heavy atom. The first-order valence-electron chi connectivity index (χ1n) is 9.32. The monoisotopic (exact) mass is 311 g/mol. The van der Waals surface area contributed by atoms with Gasteiger partial charge in [0.05, 0.1) is 0 Å². The van der Waals surface area contributed by atoms with Gasteiger partial charge in [0, 0.05) is 19.3 Å². The van der Waals surface area contributed by atoms with E-state index in [1.165, 1.54) is 38.5 Å². The van der Waals surface area contributed by atoms with Crippen molar-refractivity contribution in [2.75, 3.05) is 13.6 Å². The van der Waals surface area contributed by atoms with Crippen LogP contribution < -0.4 is 5.32 Å². The molecule has 0 rings (SSSR count). The fourth-order valence-electron chi connectivity index (χ4n) is 2.68. The van der Waals surface area contributed by atoms with Crippen molar-refractivity contribution in [1.82, 2.24) is 5.32 Å². The fourth-order valence-corrected chi connectivity index (χ4v) is 2.68. The first-order valence-corrected chi connectivity index (χ1v) is 9.32. The minimum absolute atomic E-state index is 0.299. The Morgan fingerprint density at radius 3 is 1.50 bits per heavy atom. The summed E-state index contributed by atoms with van der Waals surface area (Å²) in [7, 11) is 1.99. The highest BCUT2D eigenvalue weighted by molar-refractivity contribution is 5.78. The summed E-state index contributed by atoms with van der Waals surface area (Å²) in [5, 5.41) is 3.16. The van der Waals surface area contributed by atoms with Gasteiger partial charge < -0.3 is 10.1 Å². The molecule has 1 N–H and O–H groups in total. The summed E-state index contributed by atoms with van der Waals surface area (Å²) >= 11 is 0. The minimum atomic E-state index is 0.299. The van der Waals surface area contributed by atoms with E-state index >= 15 is 0 Å². The normalized spacial score (nSPS) is 10.8. The number of hydrogen-bond acceptors (Lipinski definition) is 3. The van der Waals surface area contributed by atoms with Crippen molar-refractivity contribution < 1.29 is 9.59 Å². The van der Waals surface area contributed by atoms with Crippen molar-refractivity contribution in [3.8, 4) is 0 Å². The highest BCUT2D eigenvalue weighted by Gasteiger charge is 2.02. The number of carbonyl (C=O) groups excluding carboxylic acids is 2. The maximum Gasteiger partial charge on any atom is 0.132 e. The standard InChI is InChI=1S/C19H37NO2/c1-18(21)14-10-6-3-4-7-11-15-19(22)16-12-8-5-9-13-17-20-2/h20H,3-17H2,1-2H3. The Bertz CT molecular complexity index is 277. The van der Waals surface area contributed by atoms with E-state index < -0.39 is 0 Å². The number of Topliss-reactive ketones (excluding diaryl/α,β-unsaturated/α-hetero) is 2. The molecule has 0 saturated carbocycles. The molecule has 0 saturated heterocycles. The Balaban J connectivity index is 3.17. The highest BCUT2D eigenvalue weighted by atomic mass is 16.1. The third kappa shape index (κ3) is 17.4. The molecule has 130 valence electrons. The third-order valence-electron chi connectivity index (χ3n) is 4.12. The molecular weight excluding hydrogens is 274 g/mol. The summed E-state index contributed by atoms with van der Waals surface area (Å²) in [6.45, 7) is 2.77. The molecule has 0 unspecified atom stereocenters. The molecule has 0 aromatic carbocycles. The summed E-state index contributed by atoms with van der Waals surface area (Å²) in [5.41, 5.74) is 0. The maximum atomic E-state index is 11.7. The van der Waals surface area contributed by atoms with Gasteiger partial charge in [0.1, 0.15) is 11.6 Å². The summed E-state index contributed by atoms with van der Waals surface area (Å²) in [5.74, 6) is 0.749. The van der Waals surface area contributed by atoms with Gasteiger partial charge in [0.2, 0.25) is 0 Å². The predicted octanol–water partition coefficient (Wildman–Crippen LogP) is 4.83. The van der Waals surface area contributed by atoms with Crippen LogP contribution in [0.2, 0.25) is 0 Å². The topological polar surface area (TPSA) is 46.2 Å². The Labute approximate surface area is 137 Å². The molecule has 0 radical (unpaired) electrons. The van der Waals surface area contributed by atoms with Crippen molar-refractivity contribution >= 4 is 11.6 Å². The number of carbonyl (C=O) groups is 2. The highest BCUT2D eigenvalue weighted by Crippen LogP contribution is 2.11. The molecule has 22 heavy (non-hydrogen) atoms. The van der Waals surface area contributed by atoms with Crippen molar-refractivity contribution in [3.63, 3.8) is 0 Å². The average Bonchev–Trinajstić information content (AvgIpc) is 2.48. The zero-order valence-corrected chi connectivity index (χ0v) is 14.9. The van der Waals surface area contributed by atoms with Crippen molar-refractivity contribution in [2.45, 2.75) is 96.8 Å². The lowest BCUT2D eigenvalue weighted by molar-refractivity contribution is -0.119. The summed E-state index contributed by atoms with van der Waals surface area (Å²) < 4.78 is 0. The van der Waals surface area contributed by atoms with Crippen LogP contribution in [0.3, 0.4) is 0 Å². The molecule has 0 aromatic rings. The lowest BCUT2D eigenvalue weighted by Gasteiger charge is -2.03. The summed E-state index contributed by atoms with van der Waals surface area (Å²) in [6, 6.07) is 0. The number of unbranched alkanes of at least 4 members (excludes halogenated alkanes) is 9. The largest absolute Gasteiger partial charge is 0.320 e. The molecule has 3 heteroatoms. The molecule has 0 bridgehead atoms. The molecule has 0 amide bonds. The average molecular weight is 312 g/mol. The van der Waals surface area contributed by atoms with E-state index in [9.17, 15) is 9.59 Å². The SMILES string of the molecule is CNCCCCCCCC(=O)CCCCCCCCC(C)=O. The van der Waals surface area contributed by atoms with E-state index in [0.717, 1.165) is 57.9 Å². The van der Waals surface area contributed by atoms with Gasteiger partial charge >= 0.3 is 0 Å². The van der Waals surface area contributed by atoms with Crippen LogP contribution in [0.25, 0.3) is 0 Å². The number of ketones is 2. The zero-order chi connectivity index (χ0) is 16.5. The van der Waals surface area contributed by atoms with E-state index in [0.29, 0.717) is 11.6 Å². The summed E-state index contributed by atoms with van der Waals surface area (Å²) in [6.07, 6.45) is 15.1. The van der Waals surface area contributed by atoms with Gasteiger partial charge in [-0.15, -0.1) is 0 Å². The van der Waals surface area contributed by atoms with E-state index in [1.807, 2.05) is 7.05 Å². The van der Waals surface area contributed by atoms with E-state index in [4.69, 9.17) is 0 Å². The quantitative estimate of drug-likeness (QED) is 0.391.